The number of rotatable bonds is 7. The van der Waals surface area contributed by atoms with Crippen molar-refractivity contribution in [1.82, 2.24) is 10.5 Å². The maximum Gasteiger partial charge on any atom is 0.326 e. The average Bonchev–Trinajstić information content (AvgIpc) is 2.88. The highest BCUT2D eigenvalue weighted by atomic mass is 16.5. The number of ether oxygens (including phenoxy) is 1. The summed E-state index contributed by atoms with van der Waals surface area (Å²) in [6.07, 6.45) is 0. The largest absolute Gasteiger partial charge is 0.489 e. The fraction of sp³-hybridized carbons (Fsp3) is 0.389. The Labute approximate surface area is 146 Å². The van der Waals surface area contributed by atoms with Crippen LogP contribution in [0.15, 0.2) is 28.8 Å². The molecule has 1 atom stereocenters. The van der Waals surface area contributed by atoms with Gasteiger partial charge in [-0.3, -0.25) is 4.79 Å². The minimum Gasteiger partial charge on any atom is -0.489 e. The number of amides is 1. The lowest BCUT2D eigenvalue weighted by Gasteiger charge is -2.18. The summed E-state index contributed by atoms with van der Waals surface area (Å²) in [5.74, 6) is -0.546. The van der Waals surface area contributed by atoms with E-state index in [0.717, 1.165) is 11.3 Å². The first-order chi connectivity index (χ1) is 11.8. The lowest BCUT2D eigenvalue weighted by Crippen LogP contribution is -2.44. The third-order valence-electron chi connectivity index (χ3n) is 3.88. The number of carboxylic acids is 1. The molecule has 25 heavy (non-hydrogen) atoms. The molecule has 0 bridgehead atoms. The van der Waals surface area contributed by atoms with Gasteiger partial charge in [0.05, 0.1) is 11.3 Å². The lowest BCUT2D eigenvalue weighted by atomic mass is 10.0. The Morgan fingerprint density at radius 3 is 2.60 bits per heavy atom. The molecule has 1 aromatic heterocycles. The van der Waals surface area contributed by atoms with E-state index < -0.39 is 17.9 Å². The minimum absolute atomic E-state index is 0.222. The summed E-state index contributed by atoms with van der Waals surface area (Å²) in [6.45, 7) is 7.39. The second-order valence-corrected chi connectivity index (χ2v) is 6.15. The Morgan fingerprint density at radius 1 is 1.32 bits per heavy atom. The van der Waals surface area contributed by atoms with Crippen molar-refractivity contribution in [3.05, 3.63) is 46.8 Å². The predicted molar refractivity (Wildman–Crippen MR) is 90.5 cm³/mol. The zero-order chi connectivity index (χ0) is 18.6. The molecule has 7 heteroatoms. The molecule has 0 fully saturated rings. The van der Waals surface area contributed by atoms with Crippen LogP contribution < -0.4 is 10.1 Å². The van der Waals surface area contributed by atoms with Crippen LogP contribution in [0.3, 0.4) is 0 Å². The normalized spacial score (nSPS) is 12.0. The van der Waals surface area contributed by atoms with Gasteiger partial charge >= 0.3 is 5.97 Å². The minimum atomic E-state index is -1.06. The number of aryl methyl sites for hydroxylation is 2. The first-order valence-electron chi connectivity index (χ1n) is 7.98. The molecule has 1 heterocycles. The van der Waals surface area contributed by atoms with Gasteiger partial charge < -0.3 is 19.7 Å². The zero-order valence-corrected chi connectivity index (χ0v) is 14.7. The highest BCUT2D eigenvalue weighted by Gasteiger charge is 2.24. The Morgan fingerprint density at radius 2 is 2.04 bits per heavy atom. The average molecular weight is 346 g/mol. The second-order valence-electron chi connectivity index (χ2n) is 6.15. The molecule has 0 saturated heterocycles. The maximum atomic E-state index is 12.3. The number of hydrogen-bond acceptors (Lipinski definition) is 5. The van der Waals surface area contributed by atoms with E-state index in [0.29, 0.717) is 17.1 Å². The van der Waals surface area contributed by atoms with Crippen molar-refractivity contribution in [3.63, 3.8) is 0 Å². The molecular weight excluding hydrogens is 324 g/mol. The Bertz CT molecular complexity index is 747. The Balaban J connectivity index is 2.07. The molecular formula is C18H22N2O5. The molecule has 0 unspecified atom stereocenters. The van der Waals surface area contributed by atoms with E-state index in [-0.39, 0.29) is 12.5 Å². The number of carbonyl (C=O) groups is 2. The molecule has 7 nitrogen and oxygen atoms in total. The third kappa shape index (κ3) is 4.59. The van der Waals surface area contributed by atoms with E-state index in [9.17, 15) is 14.7 Å². The van der Waals surface area contributed by atoms with Crippen LogP contribution in [0.5, 0.6) is 5.75 Å². The van der Waals surface area contributed by atoms with Gasteiger partial charge in [0.15, 0.2) is 0 Å². The molecule has 0 aliphatic rings. The van der Waals surface area contributed by atoms with Gasteiger partial charge in [0.25, 0.3) is 5.91 Å². The van der Waals surface area contributed by atoms with Gasteiger partial charge in [-0.25, -0.2) is 4.79 Å². The van der Waals surface area contributed by atoms with Crippen LogP contribution in [0.25, 0.3) is 0 Å². The second kappa shape index (κ2) is 7.83. The number of carbonyl (C=O) groups excluding carboxylic acids is 1. The van der Waals surface area contributed by atoms with E-state index in [1.807, 2.05) is 6.92 Å². The van der Waals surface area contributed by atoms with Gasteiger partial charge in [0, 0.05) is 5.56 Å². The molecule has 1 amide bonds. The molecule has 0 saturated carbocycles. The summed E-state index contributed by atoms with van der Waals surface area (Å²) in [7, 11) is 0. The van der Waals surface area contributed by atoms with Crippen molar-refractivity contribution in [2.45, 2.75) is 40.3 Å². The van der Waals surface area contributed by atoms with Crippen molar-refractivity contribution in [3.8, 4) is 5.75 Å². The zero-order valence-electron chi connectivity index (χ0n) is 14.7. The third-order valence-corrected chi connectivity index (χ3v) is 3.88. The molecule has 1 aromatic carbocycles. The van der Waals surface area contributed by atoms with Crippen molar-refractivity contribution in [2.75, 3.05) is 0 Å². The number of nitrogens with one attached hydrogen (secondary N) is 1. The van der Waals surface area contributed by atoms with Crippen LogP contribution in [-0.4, -0.2) is 28.2 Å². The molecule has 0 spiro atoms. The van der Waals surface area contributed by atoms with Crippen LogP contribution in [0.1, 0.15) is 41.2 Å². The van der Waals surface area contributed by atoms with E-state index >= 15 is 0 Å². The number of nitrogens with zero attached hydrogens (tertiary/aromatic N) is 1. The van der Waals surface area contributed by atoms with Crippen LogP contribution in [-0.2, 0) is 11.4 Å². The van der Waals surface area contributed by atoms with Gasteiger partial charge in [-0.1, -0.05) is 25.1 Å². The van der Waals surface area contributed by atoms with Crippen LogP contribution in [0.2, 0.25) is 0 Å². The fourth-order valence-corrected chi connectivity index (χ4v) is 2.33. The van der Waals surface area contributed by atoms with Gasteiger partial charge in [-0.15, -0.1) is 0 Å². The number of hydrogen-bond donors (Lipinski definition) is 2. The van der Waals surface area contributed by atoms with Crippen LogP contribution >= 0.6 is 0 Å². The first kappa shape index (κ1) is 18.5. The number of aliphatic carboxylic acids is 1. The number of carboxylic acid groups (broad SMARTS) is 1. The molecule has 0 aliphatic carbocycles. The SMILES string of the molecule is Cc1noc(C)c1COc1cccc(C(=O)N[C@H](C(=O)O)C(C)C)c1. The quantitative estimate of drug-likeness (QED) is 0.799. The van der Waals surface area contributed by atoms with Crippen molar-refractivity contribution in [2.24, 2.45) is 5.92 Å². The maximum absolute atomic E-state index is 12.3. The lowest BCUT2D eigenvalue weighted by molar-refractivity contribution is -0.140. The number of aromatic nitrogens is 1. The smallest absolute Gasteiger partial charge is 0.326 e. The monoisotopic (exact) mass is 346 g/mol. The van der Waals surface area contributed by atoms with Gasteiger partial charge in [-0.05, 0) is 38.0 Å². The summed E-state index contributed by atoms with van der Waals surface area (Å²) in [5.41, 5.74) is 1.95. The van der Waals surface area contributed by atoms with E-state index in [1.165, 1.54) is 0 Å². The first-order valence-corrected chi connectivity index (χ1v) is 7.98. The molecule has 134 valence electrons. The van der Waals surface area contributed by atoms with E-state index in [2.05, 4.69) is 10.5 Å². The van der Waals surface area contributed by atoms with Crippen molar-refractivity contribution >= 4 is 11.9 Å². The van der Waals surface area contributed by atoms with Gasteiger partial charge in [-0.2, -0.15) is 0 Å². The molecule has 2 N–H and O–H groups in total. The summed E-state index contributed by atoms with van der Waals surface area (Å²) in [5, 5.41) is 15.6. The van der Waals surface area contributed by atoms with E-state index in [1.54, 1.807) is 45.0 Å². The summed E-state index contributed by atoms with van der Waals surface area (Å²) >= 11 is 0. The van der Waals surface area contributed by atoms with Gasteiger partial charge in [0.1, 0.15) is 24.2 Å². The molecule has 2 rings (SSSR count). The van der Waals surface area contributed by atoms with Crippen LogP contribution in [0.4, 0.5) is 0 Å². The Hall–Kier alpha value is -2.83. The highest BCUT2D eigenvalue weighted by Crippen LogP contribution is 2.18. The highest BCUT2D eigenvalue weighted by molar-refractivity contribution is 5.96. The predicted octanol–water partition coefficient (Wildman–Crippen LogP) is 2.71. The number of benzene rings is 1. The summed E-state index contributed by atoms with van der Waals surface area (Å²) in [4.78, 5) is 23.5. The fourth-order valence-electron chi connectivity index (χ4n) is 2.33. The van der Waals surface area contributed by atoms with Crippen molar-refractivity contribution in [1.29, 1.82) is 0 Å². The summed E-state index contributed by atoms with van der Waals surface area (Å²) in [6, 6.07) is 5.65. The molecule has 0 aliphatic heterocycles. The van der Waals surface area contributed by atoms with Crippen LogP contribution in [0, 0.1) is 19.8 Å². The molecule has 2 aromatic rings. The standard InChI is InChI=1S/C18H22N2O5/c1-10(2)16(18(22)23)19-17(21)13-6-5-7-14(8-13)24-9-15-11(3)20-25-12(15)4/h5-8,10,16H,9H2,1-4H3,(H,19,21)(H,22,23)/t16-/m0/s1. The summed E-state index contributed by atoms with van der Waals surface area (Å²) < 4.78 is 10.8. The topological polar surface area (TPSA) is 102 Å². The van der Waals surface area contributed by atoms with Gasteiger partial charge in [0.2, 0.25) is 0 Å². The Kier molecular flexibility index (Phi) is 5.80. The van der Waals surface area contributed by atoms with Crippen molar-refractivity contribution < 1.29 is 24.0 Å². The molecule has 0 radical (unpaired) electrons. The van der Waals surface area contributed by atoms with E-state index in [4.69, 9.17) is 9.26 Å².